The average Bonchev–Trinajstić information content (AvgIpc) is 3.22. The Morgan fingerprint density at radius 3 is 2.48 bits per heavy atom. The summed E-state index contributed by atoms with van der Waals surface area (Å²) >= 11 is 6.43. The fourth-order valence-electron chi connectivity index (χ4n) is 4.82. The standard InChI is InChI=1S/C31H29ClFNO6/c1-5-38-26-14-18(6-9-25(26)39-13-12-17(2)3)28-27-29(35)21-15-19(33)7-10-23(21)40-30(27)31(36)34(28)20-8-11-24(37-4)22(32)16-20/h6-11,14-17,28H,5,12-13H2,1-4H3. The molecule has 1 amide bonds. The molecule has 0 saturated heterocycles. The van der Waals surface area contributed by atoms with Crippen LogP contribution in [0.15, 0.2) is 63.8 Å². The van der Waals surface area contributed by atoms with Gasteiger partial charge in [-0.05, 0) is 73.4 Å². The zero-order valence-electron chi connectivity index (χ0n) is 22.6. The number of anilines is 1. The van der Waals surface area contributed by atoms with Crippen LogP contribution < -0.4 is 24.5 Å². The Hall–Kier alpha value is -4.04. The molecule has 5 rings (SSSR count). The van der Waals surface area contributed by atoms with Crippen molar-refractivity contribution in [1.82, 2.24) is 0 Å². The van der Waals surface area contributed by atoms with Crippen molar-refractivity contribution in [1.29, 1.82) is 0 Å². The highest BCUT2D eigenvalue weighted by atomic mass is 35.5. The lowest BCUT2D eigenvalue weighted by molar-refractivity contribution is 0.0971. The third-order valence-electron chi connectivity index (χ3n) is 6.78. The van der Waals surface area contributed by atoms with Crippen molar-refractivity contribution in [3.05, 3.63) is 92.5 Å². The van der Waals surface area contributed by atoms with Gasteiger partial charge in [0.2, 0.25) is 5.76 Å². The van der Waals surface area contributed by atoms with E-state index >= 15 is 0 Å². The summed E-state index contributed by atoms with van der Waals surface area (Å²) < 4.78 is 37.3. The lowest BCUT2D eigenvalue weighted by Crippen LogP contribution is -2.29. The summed E-state index contributed by atoms with van der Waals surface area (Å²) in [5, 5.41) is 0.336. The van der Waals surface area contributed by atoms with Crippen molar-refractivity contribution < 1.29 is 27.8 Å². The number of hydrogen-bond acceptors (Lipinski definition) is 6. The SMILES string of the molecule is CCOc1cc(C2c3c(oc4ccc(F)cc4c3=O)C(=O)N2c2ccc(OC)c(Cl)c2)ccc1OCCC(C)C. The molecule has 1 unspecified atom stereocenters. The quantitative estimate of drug-likeness (QED) is 0.214. The van der Waals surface area contributed by atoms with Gasteiger partial charge >= 0.3 is 0 Å². The normalized spacial score (nSPS) is 14.6. The molecule has 2 heterocycles. The van der Waals surface area contributed by atoms with Crippen LogP contribution in [0.3, 0.4) is 0 Å². The van der Waals surface area contributed by atoms with Crippen molar-refractivity contribution in [2.45, 2.75) is 33.2 Å². The Balaban J connectivity index is 1.70. The smallest absolute Gasteiger partial charge is 0.295 e. The highest BCUT2D eigenvalue weighted by molar-refractivity contribution is 6.32. The second-order valence-electron chi connectivity index (χ2n) is 9.88. The molecule has 7 nitrogen and oxygen atoms in total. The van der Waals surface area contributed by atoms with Crippen molar-refractivity contribution >= 4 is 34.2 Å². The molecule has 0 radical (unpaired) electrons. The Labute approximate surface area is 236 Å². The molecule has 0 saturated carbocycles. The molecule has 1 aliphatic heterocycles. The second kappa shape index (κ2) is 11.2. The number of carbonyl (C=O) groups excluding carboxylic acids is 1. The van der Waals surface area contributed by atoms with E-state index in [1.807, 2.05) is 6.92 Å². The fraction of sp³-hybridized carbons (Fsp3) is 0.290. The van der Waals surface area contributed by atoms with Crippen molar-refractivity contribution in [2.75, 3.05) is 25.2 Å². The number of amides is 1. The number of ether oxygens (including phenoxy) is 3. The van der Waals surface area contributed by atoms with Crippen LogP contribution in [0.2, 0.25) is 5.02 Å². The Bertz CT molecular complexity index is 1650. The zero-order valence-corrected chi connectivity index (χ0v) is 23.4. The first-order valence-electron chi connectivity index (χ1n) is 13.1. The number of hydrogen-bond donors (Lipinski definition) is 0. The minimum absolute atomic E-state index is 0.0461. The van der Waals surface area contributed by atoms with E-state index in [-0.39, 0.29) is 27.3 Å². The Kier molecular flexibility index (Phi) is 7.72. The number of rotatable bonds is 9. The van der Waals surface area contributed by atoms with Crippen molar-refractivity contribution in [3.63, 3.8) is 0 Å². The lowest BCUT2D eigenvalue weighted by Gasteiger charge is -2.26. The number of fused-ring (bicyclic) bond motifs is 2. The molecule has 0 bridgehead atoms. The van der Waals surface area contributed by atoms with Gasteiger partial charge in [-0.25, -0.2) is 4.39 Å². The van der Waals surface area contributed by atoms with E-state index in [2.05, 4.69) is 13.8 Å². The van der Waals surface area contributed by atoms with Crippen LogP contribution in [0.4, 0.5) is 10.1 Å². The van der Waals surface area contributed by atoms with Crippen LogP contribution in [-0.2, 0) is 0 Å². The first kappa shape index (κ1) is 27.5. The maximum absolute atomic E-state index is 14.1. The molecule has 208 valence electrons. The summed E-state index contributed by atoms with van der Waals surface area (Å²) in [7, 11) is 1.49. The van der Waals surface area contributed by atoms with Crippen LogP contribution in [0.1, 0.15) is 54.9 Å². The summed E-state index contributed by atoms with van der Waals surface area (Å²) in [5.74, 6) is 0.718. The number of carbonyl (C=O) groups is 1. The summed E-state index contributed by atoms with van der Waals surface area (Å²) in [4.78, 5) is 29.1. The minimum Gasteiger partial charge on any atom is -0.495 e. The van der Waals surface area contributed by atoms with Gasteiger partial charge in [-0.3, -0.25) is 14.5 Å². The predicted octanol–water partition coefficient (Wildman–Crippen LogP) is 7.17. The van der Waals surface area contributed by atoms with Crippen molar-refractivity contribution in [3.8, 4) is 17.2 Å². The van der Waals surface area contributed by atoms with Crippen LogP contribution in [-0.4, -0.2) is 26.2 Å². The zero-order chi connectivity index (χ0) is 28.6. The number of halogens is 2. The summed E-state index contributed by atoms with van der Waals surface area (Å²) in [6.45, 7) is 6.99. The van der Waals surface area contributed by atoms with Gasteiger partial charge in [0.25, 0.3) is 5.91 Å². The molecule has 0 fully saturated rings. The van der Waals surface area contributed by atoms with E-state index in [4.69, 9.17) is 30.2 Å². The second-order valence-corrected chi connectivity index (χ2v) is 10.3. The van der Waals surface area contributed by atoms with Gasteiger partial charge in [-0.2, -0.15) is 0 Å². The topological polar surface area (TPSA) is 78.2 Å². The molecule has 9 heteroatoms. The van der Waals surface area contributed by atoms with E-state index in [0.717, 1.165) is 12.5 Å². The van der Waals surface area contributed by atoms with Gasteiger partial charge in [-0.15, -0.1) is 0 Å². The van der Waals surface area contributed by atoms with Gasteiger partial charge in [0.15, 0.2) is 16.9 Å². The first-order chi connectivity index (χ1) is 19.2. The molecular weight excluding hydrogens is 537 g/mol. The van der Waals surface area contributed by atoms with Gasteiger partial charge in [0, 0.05) is 5.69 Å². The van der Waals surface area contributed by atoms with Gasteiger partial charge in [-0.1, -0.05) is 31.5 Å². The molecule has 3 aromatic carbocycles. The molecular formula is C31H29ClFNO6. The molecule has 40 heavy (non-hydrogen) atoms. The maximum Gasteiger partial charge on any atom is 0.295 e. The van der Waals surface area contributed by atoms with Crippen LogP contribution >= 0.6 is 11.6 Å². The molecule has 1 aliphatic rings. The minimum atomic E-state index is -0.903. The summed E-state index contributed by atoms with van der Waals surface area (Å²) in [6.07, 6.45) is 0.870. The van der Waals surface area contributed by atoms with Gasteiger partial charge in [0.05, 0.1) is 42.3 Å². The maximum atomic E-state index is 14.1. The third kappa shape index (κ3) is 4.99. The van der Waals surface area contributed by atoms with Gasteiger partial charge in [0.1, 0.15) is 17.1 Å². The Morgan fingerprint density at radius 2 is 1.77 bits per heavy atom. The third-order valence-corrected chi connectivity index (χ3v) is 7.08. The van der Waals surface area contributed by atoms with Crippen LogP contribution in [0, 0.1) is 11.7 Å². The van der Waals surface area contributed by atoms with Crippen LogP contribution in [0.5, 0.6) is 17.2 Å². The Morgan fingerprint density at radius 1 is 1.00 bits per heavy atom. The molecule has 4 aromatic rings. The monoisotopic (exact) mass is 565 g/mol. The summed E-state index contributed by atoms with van der Waals surface area (Å²) in [5.41, 5.74) is 0.743. The van der Waals surface area contributed by atoms with E-state index in [1.165, 1.54) is 24.1 Å². The molecule has 0 spiro atoms. The largest absolute Gasteiger partial charge is 0.495 e. The van der Waals surface area contributed by atoms with E-state index in [1.54, 1.807) is 36.4 Å². The highest BCUT2D eigenvalue weighted by Crippen LogP contribution is 2.44. The number of nitrogens with zero attached hydrogens (tertiary/aromatic N) is 1. The first-order valence-corrected chi connectivity index (χ1v) is 13.4. The molecule has 1 atom stereocenters. The van der Waals surface area contributed by atoms with Gasteiger partial charge < -0.3 is 18.6 Å². The van der Waals surface area contributed by atoms with E-state index in [9.17, 15) is 14.0 Å². The molecule has 0 N–H and O–H groups in total. The van der Waals surface area contributed by atoms with Crippen LogP contribution in [0.25, 0.3) is 11.0 Å². The predicted molar refractivity (Wildman–Crippen MR) is 152 cm³/mol. The van der Waals surface area contributed by atoms with E-state index in [0.29, 0.717) is 47.6 Å². The number of methoxy groups -OCH3 is 1. The number of benzene rings is 3. The summed E-state index contributed by atoms with van der Waals surface area (Å²) in [6, 6.07) is 13.0. The fourth-order valence-corrected chi connectivity index (χ4v) is 5.07. The molecule has 1 aromatic heterocycles. The average molecular weight is 566 g/mol. The molecule has 0 aliphatic carbocycles. The van der Waals surface area contributed by atoms with Crippen molar-refractivity contribution in [2.24, 2.45) is 5.92 Å². The highest BCUT2D eigenvalue weighted by Gasteiger charge is 2.44. The lowest BCUT2D eigenvalue weighted by atomic mass is 9.97. The van der Waals surface area contributed by atoms with E-state index < -0.39 is 23.2 Å².